The van der Waals surface area contributed by atoms with Crippen molar-refractivity contribution in [2.24, 2.45) is 0 Å². The average Bonchev–Trinajstić information content (AvgIpc) is 2.14. The van der Waals surface area contributed by atoms with Gasteiger partial charge in [0.15, 0.2) is 0 Å². The molecule has 0 aromatic heterocycles. The average molecular weight is 300 g/mol. The van der Waals surface area contributed by atoms with Gasteiger partial charge in [0.1, 0.15) is 0 Å². The fourth-order valence-corrected chi connectivity index (χ4v) is 2.10. The molecule has 0 fully saturated rings. The Morgan fingerprint density at radius 3 is 2.59 bits per heavy atom. The molecular weight excluding hydrogens is 286 g/mol. The number of benzene rings is 1. The minimum Gasteiger partial charge on any atom is -0.481 e. The Morgan fingerprint density at radius 2 is 2.06 bits per heavy atom. The molecule has 0 aliphatic heterocycles. The van der Waals surface area contributed by atoms with E-state index in [1.54, 1.807) is 19.1 Å². The van der Waals surface area contributed by atoms with Gasteiger partial charge in [0.05, 0.1) is 6.42 Å². The van der Waals surface area contributed by atoms with E-state index in [1.807, 2.05) is 13.0 Å². The van der Waals surface area contributed by atoms with Gasteiger partial charge in [-0.1, -0.05) is 15.9 Å². The van der Waals surface area contributed by atoms with Gasteiger partial charge in [-0.15, -0.1) is 0 Å². The van der Waals surface area contributed by atoms with E-state index in [0.29, 0.717) is 5.56 Å². The summed E-state index contributed by atoms with van der Waals surface area (Å²) in [4.78, 5) is 22.3. The van der Waals surface area contributed by atoms with Crippen molar-refractivity contribution < 1.29 is 14.7 Å². The number of aliphatic carboxylic acids is 1. The van der Waals surface area contributed by atoms with Gasteiger partial charge >= 0.3 is 5.97 Å². The molecule has 5 heteroatoms. The number of halogens is 1. The predicted molar refractivity (Wildman–Crippen MR) is 68.1 cm³/mol. The van der Waals surface area contributed by atoms with Crippen molar-refractivity contribution in [3.63, 3.8) is 0 Å². The van der Waals surface area contributed by atoms with Crippen LogP contribution in [0.5, 0.6) is 0 Å². The highest BCUT2D eigenvalue weighted by Gasteiger charge is 2.13. The first-order chi connectivity index (χ1) is 7.88. The highest BCUT2D eigenvalue weighted by Crippen LogP contribution is 2.15. The Balaban J connectivity index is 2.72. The second-order valence-corrected chi connectivity index (χ2v) is 4.91. The second-order valence-electron chi connectivity index (χ2n) is 3.99. The van der Waals surface area contributed by atoms with Crippen molar-refractivity contribution in [3.8, 4) is 0 Å². The lowest BCUT2D eigenvalue weighted by molar-refractivity contribution is -0.137. The first-order valence-electron chi connectivity index (χ1n) is 5.18. The largest absolute Gasteiger partial charge is 0.481 e. The topological polar surface area (TPSA) is 66.4 Å². The van der Waals surface area contributed by atoms with Gasteiger partial charge in [-0.05, 0) is 37.6 Å². The molecule has 1 rings (SSSR count). The predicted octanol–water partition coefficient (Wildman–Crippen LogP) is 2.35. The van der Waals surface area contributed by atoms with Crippen LogP contribution >= 0.6 is 15.9 Å². The Hall–Kier alpha value is -1.36. The van der Waals surface area contributed by atoms with Crippen molar-refractivity contribution in [2.45, 2.75) is 26.3 Å². The summed E-state index contributed by atoms with van der Waals surface area (Å²) in [6.45, 7) is 3.55. The molecule has 0 aliphatic rings. The number of nitrogens with one attached hydrogen (secondary N) is 1. The van der Waals surface area contributed by atoms with E-state index < -0.39 is 5.97 Å². The van der Waals surface area contributed by atoms with Crippen molar-refractivity contribution in [2.75, 3.05) is 0 Å². The summed E-state index contributed by atoms with van der Waals surface area (Å²) in [6.07, 6.45) is -0.0846. The lowest BCUT2D eigenvalue weighted by Crippen LogP contribution is -2.34. The molecule has 92 valence electrons. The summed E-state index contributed by atoms with van der Waals surface area (Å²) in [7, 11) is 0. The van der Waals surface area contributed by atoms with Gasteiger partial charge in [-0.25, -0.2) is 0 Å². The lowest BCUT2D eigenvalue weighted by Gasteiger charge is -2.12. The van der Waals surface area contributed by atoms with Crippen LogP contribution in [-0.4, -0.2) is 23.0 Å². The van der Waals surface area contributed by atoms with Crippen molar-refractivity contribution in [1.82, 2.24) is 5.32 Å². The third kappa shape index (κ3) is 4.56. The fourth-order valence-electron chi connectivity index (χ4n) is 1.49. The summed E-state index contributed by atoms with van der Waals surface area (Å²) in [6, 6.07) is 4.97. The normalized spacial score (nSPS) is 11.9. The van der Waals surface area contributed by atoms with Crippen LogP contribution < -0.4 is 5.32 Å². The van der Waals surface area contributed by atoms with Crippen molar-refractivity contribution in [1.29, 1.82) is 0 Å². The molecule has 1 amide bonds. The first kappa shape index (κ1) is 13.7. The zero-order valence-corrected chi connectivity index (χ0v) is 11.2. The molecule has 1 atom stereocenters. The standard InChI is InChI=1S/C12H14BrNO3/c1-7-3-9(6-10(13)4-7)12(17)14-8(2)5-11(15)16/h3-4,6,8H,5H2,1-2H3,(H,14,17)(H,15,16). The van der Waals surface area contributed by atoms with E-state index >= 15 is 0 Å². The summed E-state index contributed by atoms with van der Waals surface area (Å²) in [5.41, 5.74) is 1.49. The van der Waals surface area contributed by atoms with Crippen LogP contribution in [0.25, 0.3) is 0 Å². The number of carbonyl (C=O) groups excluding carboxylic acids is 1. The molecule has 17 heavy (non-hydrogen) atoms. The van der Waals surface area contributed by atoms with Crippen LogP contribution in [0.15, 0.2) is 22.7 Å². The number of carboxylic acid groups (broad SMARTS) is 1. The molecule has 0 aliphatic carbocycles. The first-order valence-corrected chi connectivity index (χ1v) is 5.97. The van der Waals surface area contributed by atoms with E-state index in [1.165, 1.54) is 0 Å². The number of carboxylic acids is 1. The smallest absolute Gasteiger partial charge is 0.305 e. The number of carbonyl (C=O) groups is 2. The highest BCUT2D eigenvalue weighted by atomic mass is 79.9. The van der Waals surface area contributed by atoms with Crippen LogP contribution in [0.4, 0.5) is 0 Å². The Labute approximate surface area is 108 Å². The highest BCUT2D eigenvalue weighted by molar-refractivity contribution is 9.10. The monoisotopic (exact) mass is 299 g/mol. The molecule has 0 heterocycles. The van der Waals surface area contributed by atoms with Gasteiger partial charge in [0.25, 0.3) is 5.91 Å². The molecule has 1 aromatic carbocycles. The van der Waals surface area contributed by atoms with Crippen LogP contribution in [0.3, 0.4) is 0 Å². The van der Waals surface area contributed by atoms with E-state index in [-0.39, 0.29) is 18.4 Å². The van der Waals surface area contributed by atoms with Crippen LogP contribution in [0.2, 0.25) is 0 Å². The summed E-state index contributed by atoms with van der Waals surface area (Å²) < 4.78 is 0.827. The molecule has 4 nitrogen and oxygen atoms in total. The maximum atomic E-state index is 11.8. The zero-order chi connectivity index (χ0) is 13.0. The van der Waals surface area contributed by atoms with E-state index in [9.17, 15) is 9.59 Å². The maximum absolute atomic E-state index is 11.8. The molecule has 0 radical (unpaired) electrons. The van der Waals surface area contributed by atoms with Gasteiger partial charge in [-0.2, -0.15) is 0 Å². The summed E-state index contributed by atoms with van der Waals surface area (Å²) in [5, 5.41) is 11.2. The maximum Gasteiger partial charge on any atom is 0.305 e. The zero-order valence-electron chi connectivity index (χ0n) is 9.66. The Morgan fingerprint density at radius 1 is 1.41 bits per heavy atom. The van der Waals surface area contributed by atoms with Crippen LogP contribution in [-0.2, 0) is 4.79 Å². The third-order valence-corrected chi connectivity index (χ3v) is 2.62. The fraction of sp³-hybridized carbons (Fsp3) is 0.333. The van der Waals surface area contributed by atoms with Crippen LogP contribution in [0.1, 0.15) is 29.3 Å². The van der Waals surface area contributed by atoms with Gasteiger partial charge < -0.3 is 10.4 Å². The number of hydrogen-bond donors (Lipinski definition) is 2. The number of amides is 1. The number of rotatable bonds is 4. The lowest BCUT2D eigenvalue weighted by atomic mass is 10.1. The second kappa shape index (κ2) is 5.82. The quantitative estimate of drug-likeness (QED) is 0.897. The SMILES string of the molecule is Cc1cc(Br)cc(C(=O)NC(C)CC(=O)O)c1. The van der Waals surface area contributed by atoms with Gasteiger partial charge in [-0.3, -0.25) is 9.59 Å². The third-order valence-electron chi connectivity index (χ3n) is 2.16. The Kier molecular flexibility index (Phi) is 4.69. The molecular formula is C12H14BrNO3. The molecule has 0 saturated heterocycles. The molecule has 0 spiro atoms. The number of aryl methyl sites for hydroxylation is 1. The Bertz CT molecular complexity index is 425. The van der Waals surface area contributed by atoms with E-state index in [4.69, 9.17) is 5.11 Å². The minimum atomic E-state index is -0.928. The summed E-state index contributed by atoms with van der Waals surface area (Å²) in [5.74, 6) is -1.19. The van der Waals surface area contributed by atoms with Crippen LogP contribution in [0, 0.1) is 6.92 Å². The minimum absolute atomic E-state index is 0.0846. The van der Waals surface area contributed by atoms with Crippen molar-refractivity contribution >= 4 is 27.8 Å². The van der Waals surface area contributed by atoms with Crippen molar-refractivity contribution in [3.05, 3.63) is 33.8 Å². The molecule has 0 bridgehead atoms. The molecule has 0 saturated carbocycles. The molecule has 2 N–H and O–H groups in total. The van der Waals surface area contributed by atoms with Gasteiger partial charge in [0.2, 0.25) is 0 Å². The van der Waals surface area contributed by atoms with E-state index in [2.05, 4.69) is 21.2 Å². The molecule has 1 aromatic rings. The van der Waals surface area contributed by atoms with Gasteiger partial charge in [0, 0.05) is 16.1 Å². The van der Waals surface area contributed by atoms with E-state index in [0.717, 1.165) is 10.0 Å². The summed E-state index contributed by atoms with van der Waals surface area (Å²) >= 11 is 3.31. The molecule has 1 unspecified atom stereocenters. The number of hydrogen-bond acceptors (Lipinski definition) is 2.